The fourth-order valence-electron chi connectivity index (χ4n) is 3.62. The first kappa shape index (κ1) is 21.6. The third kappa shape index (κ3) is 4.71. The van der Waals surface area contributed by atoms with Crippen LogP contribution in [0, 0.1) is 0 Å². The molecule has 1 atom stereocenters. The van der Waals surface area contributed by atoms with Gasteiger partial charge in [-0.1, -0.05) is 74.0 Å². The number of carbonyl (C=O) groups is 2. The maximum absolute atomic E-state index is 12.3. The van der Waals surface area contributed by atoms with Gasteiger partial charge in [-0.3, -0.25) is 10.2 Å². The second-order valence-corrected chi connectivity index (χ2v) is 7.68. The number of allylic oxidation sites excluding steroid dienone is 1. The summed E-state index contributed by atoms with van der Waals surface area (Å²) in [7, 11) is 0. The van der Waals surface area contributed by atoms with E-state index in [1.807, 2.05) is 48.6 Å². The lowest BCUT2D eigenvalue weighted by molar-refractivity contribution is -0.144. The van der Waals surface area contributed by atoms with Crippen molar-refractivity contribution in [2.45, 2.75) is 44.6 Å². The normalized spacial score (nSPS) is 14.7. The van der Waals surface area contributed by atoms with Crippen LogP contribution in [0.15, 0.2) is 60.7 Å². The number of carbonyl (C=O) groups excluding carboxylic acids is 1. The van der Waals surface area contributed by atoms with E-state index in [1.165, 1.54) is 6.92 Å². The number of rotatable bonds is 9. The van der Waals surface area contributed by atoms with E-state index in [0.29, 0.717) is 0 Å². The van der Waals surface area contributed by atoms with Crippen LogP contribution in [0.1, 0.15) is 50.2 Å². The molecule has 0 spiro atoms. The highest BCUT2D eigenvalue weighted by atomic mass is 16.6. The number of hydrogen-bond donors (Lipinski definition) is 3. The summed E-state index contributed by atoms with van der Waals surface area (Å²) in [4.78, 5) is 23.9. The monoisotopic (exact) mass is 408 g/mol. The summed E-state index contributed by atoms with van der Waals surface area (Å²) in [6.45, 7) is 3.74. The van der Waals surface area contributed by atoms with Crippen molar-refractivity contribution in [1.82, 2.24) is 10.9 Å². The Labute approximate surface area is 176 Å². The number of aliphatic carboxylic acids is 1. The van der Waals surface area contributed by atoms with Crippen LogP contribution in [0.2, 0.25) is 0 Å². The highest BCUT2D eigenvalue weighted by molar-refractivity contribution is 5.80. The number of carboxylic acids is 1. The average molecular weight is 408 g/mol. The summed E-state index contributed by atoms with van der Waals surface area (Å²) in [5.74, 6) is -1.10. The van der Waals surface area contributed by atoms with Crippen molar-refractivity contribution in [1.29, 1.82) is 0 Å². The molecule has 158 valence electrons. The second kappa shape index (κ2) is 9.59. The zero-order chi connectivity index (χ0) is 21.6. The highest BCUT2D eigenvalue weighted by Gasteiger charge is 2.33. The minimum Gasteiger partial charge on any atom is -0.480 e. The molecule has 0 heterocycles. The second-order valence-electron chi connectivity index (χ2n) is 7.68. The van der Waals surface area contributed by atoms with Gasteiger partial charge in [-0.15, -0.1) is 0 Å². The fourth-order valence-corrected chi connectivity index (χ4v) is 3.62. The fraction of sp³-hybridized carbons (Fsp3) is 0.333. The minimum atomic E-state index is -1.32. The molecule has 1 amide bonds. The van der Waals surface area contributed by atoms with E-state index in [2.05, 4.69) is 29.9 Å². The van der Waals surface area contributed by atoms with Crippen molar-refractivity contribution in [3.63, 3.8) is 0 Å². The SMILES string of the molecule is CCCC=CC[C@](C)(NNC(=O)OCC1c2ccccc2-c2ccccc21)C(=O)O. The summed E-state index contributed by atoms with van der Waals surface area (Å²) in [6, 6.07) is 16.2. The van der Waals surface area contributed by atoms with Gasteiger partial charge in [-0.2, -0.15) is 0 Å². The van der Waals surface area contributed by atoms with Gasteiger partial charge in [-0.05, 0) is 42.0 Å². The summed E-state index contributed by atoms with van der Waals surface area (Å²) in [5.41, 5.74) is 8.22. The first-order valence-corrected chi connectivity index (χ1v) is 10.2. The Kier molecular flexibility index (Phi) is 6.90. The van der Waals surface area contributed by atoms with Crippen molar-refractivity contribution in [3.05, 3.63) is 71.8 Å². The lowest BCUT2D eigenvalue weighted by Gasteiger charge is -2.25. The van der Waals surface area contributed by atoms with E-state index in [0.717, 1.165) is 35.1 Å². The summed E-state index contributed by atoms with van der Waals surface area (Å²) < 4.78 is 5.43. The van der Waals surface area contributed by atoms with E-state index in [1.54, 1.807) is 0 Å². The largest absolute Gasteiger partial charge is 0.480 e. The van der Waals surface area contributed by atoms with Gasteiger partial charge in [0.15, 0.2) is 0 Å². The van der Waals surface area contributed by atoms with Crippen LogP contribution in [0.4, 0.5) is 4.79 Å². The number of amides is 1. The summed E-state index contributed by atoms with van der Waals surface area (Å²) in [5, 5.41) is 9.53. The molecule has 6 nitrogen and oxygen atoms in total. The van der Waals surface area contributed by atoms with E-state index >= 15 is 0 Å². The molecule has 1 aliphatic rings. The lowest BCUT2D eigenvalue weighted by Crippen LogP contribution is -2.57. The van der Waals surface area contributed by atoms with Gasteiger partial charge in [0, 0.05) is 5.92 Å². The molecule has 0 unspecified atom stereocenters. The van der Waals surface area contributed by atoms with Gasteiger partial charge in [0.2, 0.25) is 0 Å². The molecular weight excluding hydrogens is 380 g/mol. The Bertz CT molecular complexity index is 895. The Morgan fingerprint density at radius 3 is 2.23 bits per heavy atom. The van der Waals surface area contributed by atoms with Gasteiger partial charge in [0.1, 0.15) is 12.1 Å². The number of carboxylic acid groups (broad SMARTS) is 1. The maximum Gasteiger partial charge on any atom is 0.421 e. The number of benzene rings is 2. The number of hydrogen-bond acceptors (Lipinski definition) is 4. The summed E-state index contributed by atoms with van der Waals surface area (Å²) in [6.07, 6.45) is 5.16. The molecule has 0 fully saturated rings. The van der Waals surface area contributed by atoms with Gasteiger partial charge in [0.25, 0.3) is 0 Å². The number of hydrazine groups is 1. The van der Waals surface area contributed by atoms with E-state index in [-0.39, 0.29) is 18.9 Å². The standard InChI is InChI=1S/C24H28N2O4/c1-3-4-5-10-15-24(2,22(27)28)26-25-23(29)30-16-21-19-13-8-6-11-17(19)18-12-7-9-14-20(18)21/h5-14,21,26H,3-4,15-16H2,1-2H3,(H,25,29)(H,27,28)/t24-/m0/s1. The number of unbranched alkanes of at least 4 members (excludes halogenated alkanes) is 1. The molecule has 1 aliphatic carbocycles. The van der Waals surface area contributed by atoms with Crippen molar-refractivity contribution >= 4 is 12.1 Å². The van der Waals surface area contributed by atoms with Gasteiger partial charge < -0.3 is 9.84 Å². The molecular formula is C24H28N2O4. The number of nitrogens with one attached hydrogen (secondary N) is 2. The average Bonchev–Trinajstić information content (AvgIpc) is 3.07. The molecule has 2 aromatic rings. The molecule has 3 N–H and O–H groups in total. The quantitative estimate of drug-likeness (QED) is 0.416. The smallest absolute Gasteiger partial charge is 0.421 e. The molecule has 3 rings (SSSR count). The third-order valence-electron chi connectivity index (χ3n) is 5.40. The van der Waals surface area contributed by atoms with E-state index < -0.39 is 17.6 Å². The first-order valence-electron chi connectivity index (χ1n) is 10.2. The van der Waals surface area contributed by atoms with E-state index in [9.17, 15) is 14.7 Å². The molecule has 0 saturated heterocycles. The molecule has 0 aromatic heterocycles. The molecule has 0 aliphatic heterocycles. The van der Waals surface area contributed by atoms with Gasteiger partial charge in [-0.25, -0.2) is 10.2 Å². The van der Waals surface area contributed by atoms with Crippen LogP contribution >= 0.6 is 0 Å². The van der Waals surface area contributed by atoms with Gasteiger partial charge >= 0.3 is 12.1 Å². The Morgan fingerprint density at radius 1 is 1.07 bits per heavy atom. The van der Waals surface area contributed by atoms with Crippen molar-refractivity contribution in [3.8, 4) is 11.1 Å². The Morgan fingerprint density at radius 2 is 1.67 bits per heavy atom. The van der Waals surface area contributed by atoms with Crippen molar-refractivity contribution in [2.24, 2.45) is 0 Å². The first-order chi connectivity index (χ1) is 14.5. The zero-order valence-electron chi connectivity index (χ0n) is 17.4. The molecule has 6 heteroatoms. The van der Waals surface area contributed by atoms with Crippen LogP contribution in [0.25, 0.3) is 11.1 Å². The molecule has 0 radical (unpaired) electrons. The Hall–Kier alpha value is -3.12. The maximum atomic E-state index is 12.3. The predicted octanol–water partition coefficient (Wildman–Crippen LogP) is 4.62. The predicted molar refractivity (Wildman–Crippen MR) is 116 cm³/mol. The van der Waals surface area contributed by atoms with Crippen molar-refractivity contribution < 1.29 is 19.4 Å². The van der Waals surface area contributed by atoms with Crippen LogP contribution in [-0.2, 0) is 9.53 Å². The Balaban J connectivity index is 1.60. The number of fused-ring (bicyclic) bond motifs is 3. The van der Waals surface area contributed by atoms with Gasteiger partial charge in [0.05, 0.1) is 0 Å². The summed E-state index contributed by atoms with van der Waals surface area (Å²) >= 11 is 0. The topological polar surface area (TPSA) is 87.7 Å². The number of ether oxygens (including phenoxy) is 1. The lowest BCUT2D eigenvalue weighted by atomic mass is 9.98. The minimum absolute atomic E-state index is 0.0500. The zero-order valence-corrected chi connectivity index (χ0v) is 17.4. The van der Waals surface area contributed by atoms with E-state index in [4.69, 9.17) is 4.74 Å². The van der Waals surface area contributed by atoms with Crippen LogP contribution < -0.4 is 10.9 Å². The van der Waals surface area contributed by atoms with Crippen LogP contribution in [0.5, 0.6) is 0 Å². The molecule has 2 aromatic carbocycles. The van der Waals surface area contributed by atoms with Crippen LogP contribution in [0.3, 0.4) is 0 Å². The van der Waals surface area contributed by atoms with Crippen LogP contribution in [-0.4, -0.2) is 29.3 Å². The molecule has 30 heavy (non-hydrogen) atoms. The molecule has 0 saturated carbocycles. The van der Waals surface area contributed by atoms with Crippen molar-refractivity contribution in [2.75, 3.05) is 6.61 Å². The highest BCUT2D eigenvalue weighted by Crippen LogP contribution is 2.44. The third-order valence-corrected chi connectivity index (χ3v) is 5.40. The molecule has 0 bridgehead atoms.